The number of nitro benzene ring substituents is 1. The number of rotatable bonds is 6. The van der Waals surface area contributed by atoms with Gasteiger partial charge in [0.1, 0.15) is 11.5 Å². The summed E-state index contributed by atoms with van der Waals surface area (Å²) in [5.41, 5.74) is 0.179. The van der Waals surface area contributed by atoms with E-state index >= 15 is 0 Å². The Hall–Kier alpha value is -2.80. The van der Waals surface area contributed by atoms with E-state index in [4.69, 9.17) is 21.1 Å². The van der Waals surface area contributed by atoms with E-state index in [0.717, 1.165) is 0 Å². The summed E-state index contributed by atoms with van der Waals surface area (Å²) < 4.78 is 10.4. The molecule has 2 aromatic rings. The predicted molar refractivity (Wildman–Crippen MR) is 85.2 cm³/mol. The van der Waals surface area contributed by atoms with Gasteiger partial charge in [0.2, 0.25) is 0 Å². The second-order valence-electron chi connectivity index (χ2n) is 4.41. The first-order chi connectivity index (χ1) is 11.0. The molecule has 120 valence electrons. The maximum Gasteiger partial charge on any atom is 0.273 e. The van der Waals surface area contributed by atoms with Crippen LogP contribution >= 0.6 is 11.6 Å². The van der Waals surface area contributed by atoms with Crippen molar-refractivity contribution in [2.75, 3.05) is 19.0 Å². The normalized spacial score (nSPS) is 10.0. The Bertz CT molecular complexity index is 736. The van der Waals surface area contributed by atoms with Crippen LogP contribution in [0.25, 0.3) is 0 Å². The van der Waals surface area contributed by atoms with E-state index in [1.165, 1.54) is 25.3 Å². The van der Waals surface area contributed by atoms with Crippen molar-refractivity contribution in [2.24, 2.45) is 0 Å². The molecule has 0 spiro atoms. The van der Waals surface area contributed by atoms with E-state index in [9.17, 15) is 14.9 Å². The van der Waals surface area contributed by atoms with Gasteiger partial charge in [-0.05, 0) is 18.2 Å². The summed E-state index contributed by atoms with van der Waals surface area (Å²) in [7, 11) is 1.36. The van der Waals surface area contributed by atoms with Gasteiger partial charge in [-0.15, -0.1) is 0 Å². The monoisotopic (exact) mass is 336 g/mol. The van der Waals surface area contributed by atoms with Gasteiger partial charge < -0.3 is 14.8 Å². The standard InChI is InChI=1S/C15H13ClN2O5/c1-22-14-8-10(18(20)21)6-7-12(14)17-15(19)9-23-13-5-3-2-4-11(13)16/h2-8H,9H2,1H3,(H,17,19). The highest BCUT2D eigenvalue weighted by Crippen LogP contribution is 2.29. The Morgan fingerprint density at radius 2 is 2.00 bits per heavy atom. The minimum atomic E-state index is -0.547. The van der Waals surface area contributed by atoms with Gasteiger partial charge in [-0.2, -0.15) is 0 Å². The van der Waals surface area contributed by atoms with E-state index in [1.807, 2.05) is 0 Å². The van der Waals surface area contributed by atoms with Crippen LogP contribution in [0.2, 0.25) is 5.02 Å². The first-order valence-electron chi connectivity index (χ1n) is 6.51. The molecule has 0 saturated heterocycles. The third-order valence-electron chi connectivity index (χ3n) is 2.87. The minimum absolute atomic E-state index is 0.132. The van der Waals surface area contributed by atoms with Crippen LogP contribution in [0.1, 0.15) is 0 Å². The molecule has 8 heteroatoms. The van der Waals surface area contributed by atoms with Crippen LogP contribution in [0, 0.1) is 10.1 Å². The second-order valence-corrected chi connectivity index (χ2v) is 4.82. The molecule has 1 N–H and O–H groups in total. The first kappa shape index (κ1) is 16.6. The Balaban J connectivity index is 2.03. The predicted octanol–water partition coefficient (Wildman–Crippen LogP) is 3.27. The quantitative estimate of drug-likeness (QED) is 0.645. The topological polar surface area (TPSA) is 90.7 Å². The van der Waals surface area contributed by atoms with Crippen LogP contribution in [0.5, 0.6) is 11.5 Å². The van der Waals surface area contributed by atoms with Crippen LogP contribution in [0.15, 0.2) is 42.5 Å². The van der Waals surface area contributed by atoms with Gasteiger partial charge in [0, 0.05) is 6.07 Å². The molecule has 0 bridgehead atoms. The molecule has 0 aliphatic heterocycles. The van der Waals surface area contributed by atoms with Crippen LogP contribution in [0.4, 0.5) is 11.4 Å². The summed E-state index contributed by atoms with van der Waals surface area (Å²) in [6, 6.07) is 10.7. The number of non-ortho nitro benzene ring substituents is 1. The van der Waals surface area contributed by atoms with Crippen molar-refractivity contribution in [3.8, 4) is 11.5 Å². The Morgan fingerprint density at radius 3 is 2.65 bits per heavy atom. The maximum absolute atomic E-state index is 11.9. The van der Waals surface area contributed by atoms with Crippen molar-refractivity contribution in [2.45, 2.75) is 0 Å². The van der Waals surface area contributed by atoms with E-state index in [1.54, 1.807) is 24.3 Å². The molecular formula is C15H13ClN2O5. The van der Waals surface area contributed by atoms with E-state index in [2.05, 4.69) is 5.32 Å². The zero-order chi connectivity index (χ0) is 16.8. The number of nitro groups is 1. The SMILES string of the molecule is COc1cc([N+](=O)[O-])ccc1NC(=O)COc1ccccc1Cl. The van der Waals surface area contributed by atoms with Crippen molar-refractivity contribution in [3.05, 3.63) is 57.6 Å². The molecule has 2 rings (SSSR count). The molecule has 1 amide bonds. The number of hydrogen-bond donors (Lipinski definition) is 1. The highest BCUT2D eigenvalue weighted by molar-refractivity contribution is 6.32. The van der Waals surface area contributed by atoms with Crippen molar-refractivity contribution in [3.63, 3.8) is 0 Å². The van der Waals surface area contributed by atoms with Crippen LogP contribution in [-0.2, 0) is 4.79 Å². The lowest BCUT2D eigenvalue weighted by Crippen LogP contribution is -2.20. The molecule has 0 unspecified atom stereocenters. The number of amides is 1. The number of anilines is 1. The first-order valence-corrected chi connectivity index (χ1v) is 6.88. The Morgan fingerprint density at radius 1 is 1.26 bits per heavy atom. The molecule has 0 atom stereocenters. The molecule has 23 heavy (non-hydrogen) atoms. The van der Waals surface area contributed by atoms with Gasteiger partial charge in [-0.25, -0.2) is 0 Å². The number of halogens is 1. The molecule has 0 aliphatic rings. The fourth-order valence-corrected chi connectivity index (χ4v) is 1.98. The Labute approximate surface area is 136 Å². The van der Waals surface area contributed by atoms with Crippen molar-refractivity contribution < 1.29 is 19.2 Å². The average molecular weight is 337 g/mol. The summed E-state index contributed by atoms with van der Waals surface area (Å²) in [5, 5.41) is 13.7. The molecule has 0 fully saturated rings. The number of para-hydroxylation sites is 1. The van der Waals surface area contributed by atoms with Crippen molar-refractivity contribution >= 4 is 28.9 Å². The lowest BCUT2D eigenvalue weighted by Gasteiger charge is -2.11. The van der Waals surface area contributed by atoms with Gasteiger partial charge in [-0.3, -0.25) is 14.9 Å². The molecule has 0 radical (unpaired) electrons. The van der Waals surface area contributed by atoms with Crippen LogP contribution in [0.3, 0.4) is 0 Å². The number of carbonyl (C=O) groups is 1. The Kier molecular flexibility index (Phi) is 5.37. The van der Waals surface area contributed by atoms with Gasteiger partial charge in [0.25, 0.3) is 11.6 Å². The van der Waals surface area contributed by atoms with Gasteiger partial charge >= 0.3 is 0 Å². The second kappa shape index (κ2) is 7.46. The third-order valence-corrected chi connectivity index (χ3v) is 3.18. The lowest BCUT2D eigenvalue weighted by atomic mass is 10.2. The highest BCUT2D eigenvalue weighted by Gasteiger charge is 2.14. The number of benzene rings is 2. The molecule has 7 nitrogen and oxygen atoms in total. The molecule has 2 aromatic carbocycles. The summed E-state index contributed by atoms with van der Waals surface area (Å²) in [6.07, 6.45) is 0. The fraction of sp³-hybridized carbons (Fsp3) is 0.133. The van der Waals surface area contributed by atoms with E-state index in [-0.39, 0.29) is 18.0 Å². The van der Waals surface area contributed by atoms with Crippen molar-refractivity contribution in [1.82, 2.24) is 0 Å². The summed E-state index contributed by atoms with van der Waals surface area (Å²) >= 11 is 5.92. The molecular weight excluding hydrogens is 324 g/mol. The fourth-order valence-electron chi connectivity index (χ4n) is 1.79. The van der Waals surface area contributed by atoms with Gasteiger partial charge in [-0.1, -0.05) is 23.7 Å². The number of nitrogens with zero attached hydrogens (tertiary/aromatic N) is 1. The average Bonchev–Trinajstić information content (AvgIpc) is 2.54. The summed E-state index contributed by atoms with van der Waals surface area (Å²) in [4.78, 5) is 22.1. The zero-order valence-electron chi connectivity index (χ0n) is 12.1. The van der Waals surface area contributed by atoms with Gasteiger partial charge in [0.15, 0.2) is 6.61 Å². The van der Waals surface area contributed by atoms with Crippen LogP contribution < -0.4 is 14.8 Å². The molecule has 0 aliphatic carbocycles. The smallest absolute Gasteiger partial charge is 0.273 e. The molecule has 0 heterocycles. The highest BCUT2D eigenvalue weighted by atomic mass is 35.5. The van der Waals surface area contributed by atoms with Crippen LogP contribution in [-0.4, -0.2) is 24.5 Å². The summed E-state index contributed by atoms with van der Waals surface area (Å²) in [5.74, 6) is 0.127. The van der Waals surface area contributed by atoms with E-state index in [0.29, 0.717) is 16.5 Å². The number of hydrogen-bond acceptors (Lipinski definition) is 5. The number of ether oxygens (including phenoxy) is 2. The maximum atomic E-state index is 11.9. The number of nitrogens with one attached hydrogen (secondary N) is 1. The van der Waals surface area contributed by atoms with Crippen molar-refractivity contribution in [1.29, 1.82) is 0 Å². The molecule has 0 saturated carbocycles. The largest absolute Gasteiger partial charge is 0.494 e. The number of carbonyl (C=O) groups excluding carboxylic acids is 1. The minimum Gasteiger partial charge on any atom is -0.494 e. The lowest BCUT2D eigenvalue weighted by molar-refractivity contribution is -0.384. The van der Waals surface area contributed by atoms with Gasteiger partial charge in [0.05, 0.1) is 28.8 Å². The molecule has 0 aromatic heterocycles. The van der Waals surface area contributed by atoms with E-state index < -0.39 is 10.8 Å². The summed E-state index contributed by atoms with van der Waals surface area (Å²) in [6.45, 7) is -0.260. The number of methoxy groups -OCH3 is 1. The zero-order valence-corrected chi connectivity index (χ0v) is 12.9. The third kappa shape index (κ3) is 4.33.